The van der Waals surface area contributed by atoms with Gasteiger partial charge >= 0.3 is 0 Å². The summed E-state index contributed by atoms with van der Waals surface area (Å²) in [5.74, 6) is 0.879. The highest BCUT2D eigenvalue weighted by atomic mass is 32.2. The molecule has 0 radical (unpaired) electrons. The molecular formula is C17H22N4O2S. The summed E-state index contributed by atoms with van der Waals surface area (Å²) in [6, 6.07) is 9.52. The van der Waals surface area contributed by atoms with Crippen LogP contribution in [0.5, 0.6) is 0 Å². The lowest BCUT2D eigenvalue weighted by Crippen LogP contribution is -2.42. The molecule has 1 aromatic heterocycles. The van der Waals surface area contributed by atoms with Gasteiger partial charge in [-0.3, -0.25) is 0 Å². The van der Waals surface area contributed by atoms with Crippen molar-refractivity contribution in [3.63, 3.8) is 0 Å². The summed E-state index contributed by atoms with van der Waals surface area (Å²) in [6.45, 7) is 1.93. The first-order valence-corrected chi connectivity index (χ1v) is 9.57. The second-order valence-corrected chi connectivity index (χ2v) is 7.98. The molecule has 2 aromatic rings. The predicted octanol–water partition coefficient (Wildman–Crippen LogP) is 1.76. The van der Waals surface area contributed by atoms with Crippen LogP contribution < -0.4 is 5.32 Å². The van der Waals surface area contributed by atoms with E-state index in [4.69, 9.17) is 0 Å². The first-order valence-electron chi connectivity index (χ1n) is 8.13. The number of hydrogen-bond acceptors (Lipinski definition) is 5. The number of sulfonamides is 1. The number of rotatable bonds is 5. The zero-order chi connectivity index (χ0) is 17.0. The van der Waals surface area contributed by atoms with Crippen LogP contribution in [0, 0.1) is 5.92 Å². The van der Waals surface area contributed by atoms with Crippen LogP contribution in [0.15, 0.2) is 47.6 Å². The molecule has 1 aliphatic heterocycles. The first-order chi connectivity index (χ1) is 11.6. The Balaban J connectivity index is 1.80. The maximum Gasteiger partial charge on any atom is 0.246 e. The van der Waals surface area contributed by atoms with Gasteiger partial charge in [-0.05, 0) is 32.4 Å². The van der Waals surface area contributed by atoms with E-state index >= 15 is 0 Å². The van der Waals surface area contributed by atoms with Crippen molar-refractivity contribution >= 4 is 10.0 Å². The molecule has 1 N–H and O–H groups in total. The van der Waals surface area contributed by atoms with Gasteiger partial charge in [0.25, 0.3) is 0 Å². The van der Waals surface area contributed by atoms with Gasteiger partial charge in [0.2, 0.25) is 10.0 Å². The minimum atomic E-state index is -3.53. The van der Waals surface area contributed by atoms with Crippen LogP contribution in [0.3, 0.4) is 0 Å². The fraction of sp³-hybridized carbons (Fsp3) is 0.412. The Kier molecular flexibility index (Phi) is 5.23. The minimum absolute atomic E-state index is 0.160. The van der Waals surface area contributed by atoms with E-state index in [0.717, 1.165) is 24.9 Å². The number of nitrogens with one attached hydrogen (secondary N) is 1. The molecule has 0 spiro atoms. The molecule has 2 heterocycles. The second-order valence-electron chi connectivity index (χ2n) is 6.04. The summed E-state index contributed by atoms with van der Waals surface area (Å²) in [5, 5.41) is 3.13. The molecular weight excluding hydrogens is 324 g/mol. The van der Waals surface area contributed by atoms with E-state index in [1.165, 1.54) is 12.4 Å². The zero-order valence-electron chi connectivity index (χ0n) is 13.7. The van der Waals surface area contributed by atoms with Gasteiger partial charge < -0.3 is 5.32 Å². The lowest BCUT2D eigenvalue weighted by Gasteiger charge is -2.31. The Morgan fingerprint density at radius 2 is 1.92 bits per heavy atom. The summed E-state index contributed by atoms with van der Waals surface area (Å²) < 4.78 is 27.2. The fourth-order valence-electron chi connectivity index (χ4n) is 3.04. The molecule has 6 nitrogen and oxygen atoms in total. The lowest BCUT2D eigenvalue weighted by atomic mass is 10.00. The van der Waals surface area contributed by atoms with Crippen molar-refractivity contribution in [1.29, 1.82) is 0 Å². The number of aromatic nitrogens is 2. The van der Waals surface area contributed by atoms with E-state index in [-0.39, 0.29) is 4.90 Å². The average molecular weight is 346 g/mol. The summed E-state index contributed by atoms with van der Waals surface area (Å²) >= 11 is 0. The number of nitrogens with zero attached hydrogens (tertiary/aromatic N) is 3. The van der Waals surface area contributed by atoms with E-state index in [9.17, 15) is 8.42 Å². The fourth-order valence-corrected chi connectivity index (χ4v) is 4.48. The molecule has 3 rings (SSSR count). The summed E-state index contributed by atoms with van der Waals surface area (Å²) in [4.78, 5) is 8.63. The van der Waals surface area contributed by atoms with E-state index in [1.807, 2.05) is 37.4 Å². The van der Waals surface area contributed by atoms with E-state index in [0.29, 0.717) is 24.8 Å². The van der Waals surface area contributed by atoms with Crippen LogP contribution in [-0.2, 0) is 10.0 Å². The summed E-state index contributed by atoms with van der Waals surface area (Å²) in [7, 11) is -1.64. The molecule has 1 aromatic carbocycles. The molecule has 1 saturated heterocycles. The summed E-state index contributed by atoms with van der Waals surface area (Å²) in [5.41, 5.74) is 0.869. The van der Waals surface area contributed by atoms with Crippen LogP contribution >= 0.6 is 0 Å². The quantitative estimate of drug-likeness (QED) is 0.893. The van der Waals surface area contributed by atoms with Crippen molar-refractivity contribution in [2.45, 2.75) is 17.7 Å². The molecule has 0 bridgehead atoms. The van der Waals surface area contributed by atoms with Crippen LogP contribution in [0.25, 0.3) is 11.4 Å². The molecule has 0 amide bonds. The van der Waals surface area contributed by atoms with Crippen LogP contribution in [0.1, 0.15) is 12.8 Å². The molecule has 0 saturated carbocycles. The highest BCUT2D eigenvalue weighted by Gasteiger charge is 2.30. The third kappa shape index (κ3) is 3.63. The van der Waals surface area contributed by atoms with Crippen molar-refractivity contribution in [2.24, 2.45) is 5.92 Å². The van der Waals surface area contributed by atoms with Crippen molar-refractivity contribution in [3.05, 3.63) is 42.7 Å². The van der Waals surface area contributed by atoms with Crippen LogP contribution in [0.4, 0.5) is 0 Å². The molecule has 128 valence electrons. The Hall–Kier alpha value is -1.83. The first kappa shape index (κ1) is 17.0. The molecule has 1 unspecified atom stereocenters. The van der Waals surface area contributed by atoms with Crippen LogP contribution in [0.2, 0.25) is 0 Å². The van der Waals surface area contributed by atoms with Gasteiger partial charge in [0.1, 0.15) is 4.90 Å². The largest absolute Gasteiger partial charge is 0.319 e. The van der Waals surface area contributed by atoms with E-state index in [2.05, 4.69) is 15.3 Å². The van der Waals surface area contributed by atoms with Crippen molar-refractivity contribution < 1.29 is 8.42 Å². The van der Waals surface area contributed by atoms with Gasteiger partial charge in [-0.25, -0.2) is 18.4 Å². The standard InChI is InChI=1S/C17H22N4O2S/c1-18-10-14-6-5-9-21(13-14)24(22,23)16-11-19-17(20-12-16)15-7-3-2-4-8-15/h2-4,7-8,11-12,14,18H,5-6,9-10,13H2,1H3. The Morgan fingerprint density at radius 3 is 2.58 bits per heavy atom. The van der Waals surface area contributed by atoms with Crippen molar-refractivity contribution in [2.75, 3.05) is 26.7 Å². The maximum absolute atomic E-state index is 12.8. The highest BCUT2D eigenvalue weighted by Crippen LogP contribution is 2.23. The van der Waals surface area contributed by atoms with E-state index < -0.39 is 10.0 Å². The van der Waals surface area contributed by atoms with Crippen molar-refractivity contribution in [3.8, 4) is 11.4 Å². The van der Waals surface area contributed by atoms with Gasteiger partial charge in [-0.2, -0.15) is 4.31 Å². The highest BCUT2D eigenvalue weighted by molar-refractivity contribution is 7.89. The maximum atomic E-state index is 12.8. The smallest absolute Gasteiger partial charge is 0.246 e. The third-order valence-electron chi connectivity index (χ3n) is 4.27. The monoisotopic (exact) mass is 346 g/mol. The Labute approximate surface area is 143 Å². The second kappa shape index (κ2) is 7.38. The molecule has 24 heavy (non-hydrogen) atoms. The van der Waals surface area contributed by atoms with Crippen molar-refractivity contribution in [1.82, 2.24) is 19.6 Å². The van der Waals surface area contributed by atoms with Gasteiger partial charge in [0.05, 0.1) is 12.4 Å². The van der Waals surface area contributed by atoms with Crippen LogP contribution in [-0.4, -0.2) is 49.4 Å². The van der Waals surface area contributed by atoms with Gasteiger partial charge in [-0.15, -0.1) is 0 Å². The molecule has 1 fully saturated rings. The zero-order valence-corrected chi connectivity index (χ0v) is 14.5. The number of hydrogen-bond donors (Lipinski definition) is 1. The van der Waals surface area contributed by atoms with Gasteiger partial charge in [0.15, 0.2) is 5.82 Å². The third-order valence-corrected chi connectivity index (χ3v) is 6.09. The molecule has 1 aliphatic rings. The topological polar surface area (TPSA) is 75.2 Å². The predicted molar refractivity (Wildman–Crippen MR) is 92.9 cm³/mol. The Morgan fingerprint density at radius 1 is 1.21 bits per heavy atom. The normalized spacial score (nSPS) is 19.3. The minimum Gasteiger partial charge on any atom is -0.319 e. The average Bonchev–Trinajstić information content (AvgIpc) is 2.63. The number of benzene rings is 1. The molecule has 0 aliphatic carbocycles. The van der Waals surface area contributed by atoms with Gasteiger partial charge in [-0.1, -0.05) is 30.3 Å². The Bertz CT molecular complexity index is 761. The number of piperidine rings is 1. The molecule has 1 atom stereocenters. The molecule has 7 heteroatoms. The van der Waals surface area contributed by atoms with E-state index in [1.54, 1.807) is 4.31 Å². The summed E-state index contributed by atoms with van der Waals surface area (Å²) in [6.07, 6.45) is 4.75. The van der Waals surface area contributed by atoms with Gasteiger partial charge in [0, 0.05) is 18.7 Å². The SMILES string of the molecule is CNCC1CCCN(S(=O)(=O)c2cnc(-c3ccccc3)nc2)C1. The lowest BCUT2D eigenvalue weighted by molar-refractivity contribution is 0.263.